The van der Waals surface area contributed by atoms with Gasteiger partial charge in [0.2, 0.25) is 11.7 Å². The monoisotopic (exact) mass is 469 g/mol. The van der Waals surface area contributed by atoms with Crippen molar-refractivity contribution in [1.82, 2.24) is 14.4 Å². The van der Waals surface area contributed by atoms with Crippen LogP contribution >= 0.6 is 27.3 Å². The predicted molar refractivity (Wildman–Crippen MR) is 109 cm³/mol. The lowest BCUT2D eigenvalue weighted by atomic mass is 9.87. The number of rotatable bonds is 5. The van der Waals surface area contributed by atoms with Crippen LogP contribution in [0.4, 0.5) is 0 Å². The van der Waals surface area contributed by atoms with E-state index >= 15 is 0 Å². The number of halogens is 1. The predicted octanol–water partition coefficient (Wildman–Crippen LogP) is 4.68. The van der Waals surface area contributed by atoms with Crippen molar-refractivity contribution in [3.8, 4) is 11.4 Å². The summed E-state index contributed by atoms with van der Waals surface area (Å²) in [6, 6.07) is 11.2. The number of sulfonamides is 1. The molecule has 0 fully saturated rings. The lowest BCUT2D eigenvalue weighted by Gasteiger charge is -2.18. The maximum atomic E-state index is 12.6. The Balaban J connectivity index is 1.76. The molecule has 0 atom stereocenters. The molecule has 0 spiro atoms. The Morgan fingerprint density at radius 1 is 1.15 bits per heavy atom. The van der Waals surface area contributed by atoms with Crippen molar-refractivity contribution in [2.45, 2.75) is 36.9 Å². The number of thiophene rings is 1. The van der Waals surface area contributed by atoms with Crippen molar-refractivity contribution in [2.24, 2.45) is 0 Å². The zero-order chi connectivity index (χ0) is 19.8. The second-order valence-electron chi connectivity index (χ2n) is 7.16. The van der Waals surface area contributed by atoms with E-state index in [2.05, 4.69) is 46.8 Å². The maximum absolute atomic E-state index is 12.6. The third kappa shape index (κ3) is 4.48. The van der Waals surface area contributed by atoms with Crippen LogP contribution in [0.15, 0.2) is 48.9 Å². The molecule has 0 saturated heterocycles. The number of aromatic nitrogens is 2. The molecule has 3 rings (SSSR count). The molecule has 0 aliphatic carbocycles. The van der Waals surface area contributed by atoms with Crippen LogP contribution in [0.3, 0.4) is 0 Å². The molecular weight excluding hydrogens is 450 g/mol. The molecule has 144 valence electrons. The summed E-state index contributed by atoms with van der Waals surface area (Å²) >= 11 is 4.44. The van der Waals surface area contributed by atoms with Crippen molar-refractivity contribution in [3.05, 3.63) is 51.6 Å². The van der Waals surface area contributed by atoms with Crippen LogP contribution in [-0.2, 0) is 22.0 Å². The summed E-state index contributed by atoms with van der Waals surface area (Å²) in [4.78, 5) is 4.33. The molecule has 2 heterocycles. The van der Waals surface area contributed by atoms with Gasteiger partial charge in [0, 0.05) is 12.6 Å². The Bertz CT molecular complexity index is 1030. The molecule has 3 aromatic rings. The summed E-state index contributed by atoms with van der Waals surface area (Å²) in [5.41, 5.74) is 2.10. The average Bonchev–Trinajstić information content (AvgIpc) is 3.23. The van der Waals surface area contributed by atoms with Crippen LogP contribution in [-0.4, -0.2) is 29.9 Å². The minimum absolute atomic E-state index is 0.00489. The summed E-state index contributed by atoms with van der Waals surface area (Å²) in [6.45, 7) is 6.45. The molecule has 6 nitrogen and oxygen atoms in total. The van der Waals surface area contributed by atoms with E-state index in [-0.39, 0.29) is 22.1 Å². The minimum atomic E-state index is -3.60. The number of hydrogen-bond acceptors (Lipinski definition) is 6. The molecule has 9 heteroatoms. The SMILES string of the molecule is CN(Cc1nc(-c2ccc(C(C)(C)C)cc2)no1)S(=O)(=O)c1ccc(Br)s1. The summed E-state index contributed by atoms with van der Waals surface area (Å²) < 4.78 is 32.6. The van der Waals surface area contributed by atoms with Gasteiger partial charge in [-0.2, -0.15) is 9.29 Å². The van der Waals surface area contributed by atoms with Gasteiger partial charge in [-0.15, -0.1) is 11.3 Å². The lowest BCUT2D eigenvalue weighted by Crippen LogP contribution is -2.25. The number of hydrogen-bond donors (Lipinski definition) is 0. The smallest absolute Gasteiger partial charge is 0.252 e. The summed E-state index contributed by atoms with van der Waals surface area (Å²) in [7, 11) is -2.11. The zero-order valence-corrected chi connectivity index (χ0v) is 18.7. The van der Waals surface area contributed by atoms with Crippen molar-refractivity contribution in [2.75, 3.05) is 7.05 Å². The van der Waals surface area contributed by atoms with Crippen LogP contribution in [0.2, 0.25) is 0 Å². The molecule has 0 amide bonds. The first kappa shape index (κ1) is 20.2. The van der Waals surface area contributed by atoms with Gasteiger partial charge in [0.25, 0.3) is 10.0 Å². The first-order chi connectivity index (χ1) is 12.6. The molecule has 0 bridgehead atoms. The molecular formula is C18H20BrN3O3S2. The van der Waals surface area contributed by atoms with Crippen molar-refractivity contribution >= 4 is 37.3 Å². The Labute approximate surface area is 171 Å². The summed E-state index contributed by atoms with van der Waals surface area (Å²) in [5.74, 6) is 0.682. The average molecular weight is 470 g/mol. The van der Waals surface area contributed by atoms with Gasteiger partial charge in [-0.05, 0) is 39.0 Å². The largest absolute Gasteiger partial charge is 0.338 e. The van der Waals surface area contributed by atoms with Gasteiger partial charge in [-0.1, -0.05) is 50.2 Å². The summed E-state index contributed by atoms with van der Waals surface area (Å²) in [6.07, 6.45) is 0. The second-order valence-corrected chi connectivity index (χ2v) is 11.9. The highest BCUT2D eigenvalue weighted by atomic mass is 79.9. The summed E-state index contributed by atoms with van der Waals surface area (Å²) in [5, 5.41) is 3.98. The topological polar surface area (TPSA) is 76.3 Å². The van der Waals surface area contributed by atoms with Gasteiger partial charge < -0.3 is 4.52 Å². The normalized spacial score (nSPS) is 12.7. The van der Waals surface area contributed by atoms with E-state index < -0.39 is 10.0 Å². The Kier molecular flexibility index (Phi) is 5.58. The van der Waals surface area contributed by atoms with E-state index in [1.165, 1.54) is 16.9 Å². The van der Waals surface area contributed by atoms with Crippen LogP contribution < -0.4 is 0 Å². The maximum Gasteiger partial charge on any atom is 0.252 e. The van der Waals surface area contributed by atoms with E-state index in [9.17, 15) is 8.42 Å². The van der Waals surface area contributed by atoms with E-state index in [4.69, 9.17) is 4.52 Å². The van der Waals surface area contributed by atoms with Crippen LogP contribution in [0.25, 0.3) is 11.4 Å². The molecule has 1 aromatic carbocycles. The van der Waals surface area contributed by atoms with Crippen LogP contribution in [0.5, 0.6) is 0 Å². The molecule has 27 heavy (non-hydrogen) atoms. The van der Waals surface area contributed by atoms with Crippen molar-refractivity contribution in [3.63, 3.8) is 0 Å². The van der Waals surface area contributed by atoms with Gasteiger partial charge in [0.15, 0.2) is 0 Å². The van der Waals surface area contributed by atoms with Crippen molar-refractivity contribution in [1.29, 1.82) is 0 Å². The van der Waals surface area contributed by atoms with E-state index in [1.807, 2.05) is 24.3 Å². The number of nitrogens with zero attached hydrogens (tertiary/aromatic N) is 3. The third-order valence-electron chi connectivity index (χ3n) is 4.05. The van der Waals surface area contributed by atoms with Gasteiger partial charge >= 0.3 is 0 Å². The Morgan fingerprint density at radius 3 is 2.37 bits per heavy atom. The Morgan fingerprint density at radius 2 is 1.81 bits per heavy atom. The minimum Gasteiger partial charge on any atom is -0.338 e. The standard InChI is InChI=1S/C18H20BrN3O3S2/c1-18(2,3)13-7-5-12(6-8-13)17-20-15(25-21-17)11-22(4)27(23,24)16-10-9-14(19)26-16/h5-10H,11H2,1-4H3. The van der Waals surface area contributed by atoms with Gasteiger partial charge in [-0.25, -0.2) is 8.42 Å². The second kappa shape index (κ2) is 7.46. The molecule has 0 unspecified atom stereocenters. The zero-order valence-electron chi connectivity index (χ0n) is 15.4. The first-order valence-corrected chi connectivity index (χ1v) is 11.3. The fraction of sp³-hybridized carbons (Fsp3) is 0.333. The fourth-order valence-corrected chi connectivity index (χ4v) is 5.76. The van der Waals surface area contributed by atoms with Crippen LogP contribution in [0, 0.1) is 0 Å². The molecule has 0 saturated carbocycles. The van der Waals surface area contributed by atoms with Crippen molar-refractivity contribution < 1.29 is 12.9 Å². The molecule has 2 aromatic heterocycles. The quantitative estimate of drug-likeness (QED) is 0.541. The number of benzene rings is 1. The highest BCUT2D eigenvalue weighted by Crippen LogP contribution is 2.29. The molecule has 0 aliphatic heterocycles. The molecule has 0 radical (unpaired) electrons. The van der Waals surface area contributed by atoms with E-state index in [0.29, 0.717) is 5.82 Å². The van der Waals surface area contributed by atoms with Gasteiger partial charge in [0.1, 0.15) is 4.21 Å². The first-order valence-electron chi connectivity index (χ1n) is 8.22. The highest BCUT2D eigenvalue weighted by molar-refractivity contribution is 9.11. The molecule has 0 N–H and O–H groups in total. The van der Waals surface area contributed by atoms with Gasteiger partial charge in [-0.3, -0.25) is 0 Å². The van der Waals surface area contributed by atoms with E-state index in [0.717, 1.165) is 20.7 Å². The fourth-order valence-electron chi connectivity index (χ4n) is 2.42. The highest BCUT2D eigenvalue weighted by Gasteiger charge is 2.25. The third-order valence-corrected chi connectivity index (χ3v) is 7.94. The molecule has 0 aliphatic rings. The van der Waals surface area contributed by atoms with Crippen LogP contribution in [0.1, 0.15) is 32.2 Å². The van der Waals surface area contributed by atoms with E-state index in [1.54, 1.807) is 12.1 Å². The van der Waals surface area contributed by atoms with Gasteiger partial charge in [0.05, 0.1) is 10.3 Å². The lowest BCUT2D eigenvalue weighted by molar-refractivity contribution is 0.337. The Hall–Kier alpha value is -1.55.